The molecule has 2 nitrogen and oxygen atoms in total. The Morgan fingerprint density at radius 3 is 2.05 bits per heavy atom. The van der Waals surface area contributed by atoms with E-state index >= 15 is 0 Å². The largest absolute Gasteiger partial charge is 0.360 e. The second-order valence-electron chi connectivity index (χ2n) is 4.20. The van der Waals surface area contributed by atoms with Gasteiger partial charge in [-0.05, 0) is 30.2 Å². The van der Waals surface area contributed by atoms with Crippen molar-refractivity contribution in [3.05, 3.63) is 71.8 Å². The van der Waals surface area contributed by atoms with Crippen molar-refractivity contribution in [1.82, 2.24) is 0 Å². The third-order valence-electron chi connectivity index (χ3n) is 2.53. The zero-order valence-electron chi connectivity index (χ0n) is 11.5. The summed E-state index contributed by atoms with van der Waals surface area (Å²) in [6.07, 6.45) is 0. The normalized spacial score (nSPS) is 8.95. The molecule has 0 heterocycles. The van der Waals surface area contributed by atoms with Gasteiger partial charge < -0.3 is 4.74 Å². The molecule has 0 unspecified atom stereocenters. The van der Waals surface area contributed by atoms with Gasteiger partial charge in [-0.3, -0.25) is 4.79 Å². The molecule has 0 fully saturated rings. The molecule has 2 heteroatoms. The summed E-state index contributed by atoms with van der Waals surface area (Å²) in [5.74, 6) is 10.9. The second kappa shape index (κ2) is 8.38. The topological polar surface area (TPSA) is 26.3 Å². The number of carbonyl (C=O) groups excluding carboxylic acids is 1. The monoisotopic (exact) mass is 274 g/mol. The molecule has 0 atom stereocenters. The number of Topliss-reactive ketones (excluding diaryl/α,β-unsaturated/α-hetero) is 1. The molecular weight excluding hydrogens is 260 g/mol. The number of benzene rings is 2. The van der Waals surface area contributed by atoms with Crippen LogP contribution < -0.4 is 0 Å². The van der Waals surface area contributed by atoms with E-state index < -0.39 is 0 Å². The number of hydrogen-bond acceptors (Lipinski definition) is 2. The first-order chi connectivity index (χ1) is 10.3. The highest BCUT2D eigenvalue weighted by atomic mass is 16.5. The van der Waals surface area contributed by atoms with E-state index in [1.807, 2.05) is 60.7 Å². The maximum Gasteiger partial charge on any atom is 0.231 e. The second-order valence-corrected chi connectivity index (χ2v) is 4.20. The van der Waals surface area contributed by atoms with E-state index in [2.05, 4.69) is 23.7 Å². The molecule has 0 saturated heterocycles. The van der Waals surface area contributed by atoms with Gasteiger partial charge >= 0.3 is 0 Å². The molecule has 21 heavy (non-hydrogen) atoms. The summed E-state index contributed by atoms with van der Waals surface area (Å²) in [6.45, 7) is 0.178. The standard InChI is InChI=1S/C19H14O2/c20-19(14-13-18-10-5-2-6-11-18)16-21-15-7-12-17-8-3-1-4-9-17/h1-6,8-11H,15-16H2. The summed E-state index contributed by atoms with van der Waals surface area (Å²) in [5, 5.41) is 0. The molecule has 0 aliphatic heterocycles. The van der Waals surface area contributed by atoms with Crippen LogP contribution in [0.2, 0.25) is 0 Å². The van der Waals surface area contributed by atoms with Gasteiger partial charge in [-0.25, -0.2) is 0 Å². The first-order valence-corrected chi connectivity index (χ1v) is 6.56. The van der Waals surface area contributed by atoms with Crippen molar-refractivity contribution >= 4 is 5.78 Å². The summed E-state index contributed by atoms with van der Waals surface area (Å²) >= 11 is 0. The highest BCUT2D eigenvalue weighted by Crippen LogP contribution is 1.95. The van der Waals surface area contributed by atoms with Crippen LogP contribution in [0.25, 0.3) is 0 Å². The summed E-state index contributed by atoms with van der Waals surface area (Å²) in [6, 6.07) is 19.0. The molecule has 0 bridgehead atoms. The van der Waals surface area contributed by atoms with Gasteiger partial charge in [0, 0.05) is 11.1 Å². The van der Waals surface area contributed by atoms with Crippen LogP contribution in [-0.2, 0) is 9.53 Å². The zero-order chi connectivity index (χ0) is 14.8. The third kappa shape index (κ3) is 5.78. The molecule has 0 spiro atoms. The zero-order valence-corrected chi connectivity index (χ0v) is 11.5. The fourth-order valence-electron chi connectivity index (χ4n) is 1.55. The van der Waals surface area contributed by atoms with Gasteiger partial charge in [0.1, 0.15) is 13.2 Å². The Balaban J connectivity index is 1.73. The van der Waals surface area contributed by atoms with Crippen molar-refractivity contribution in [3.63, 3.8) is 0 Å². The maximum absolute atomic E-state index is 11.5. The summed E-state index contributed by atoms with van der Waals surface area (Å²) < 4.78 is 5.18. The van der Waals surface area contributed by atoms with Crippen LogP contribution in [0.3, 0.4) is 0 Å². The van der Waals surface area contributed by atoms with Crippen LogP contribution >= 0.6 is 0 Å². The fourth-order valence-corrected chi connectivity index (χ4v) is 1.55. The average molecular weight is 274 g/mol. The lowest BCUT2D eigenvalue weighted by Crippen LogP contribution is -2.06. The van der Waals surface area contributed by atoms with Crippen LogP contribution in [0.15, 0.2) is 60.7 Å². The van der Waals surface area contributed by atoms with E-state index in [1.165, 1.54) is 0 Å². The Labute approximate surface area is 124 Å². The number of rotatable bonds is 3. The van der Waals surface area contributed by atoms with Crippen molar-refractivity contribution in [3.8, 4) is 23.7 Å². The molecule has 2 aromatic rings. The van der Waals surface area contributed by atoms with E-state index in [0.29, 0.717) is 0 Å². The summed E-state index contributed by atoms with van der Waals surface area (Å²) in [7, 11) is 0. The molecule has 102 valence electrons. The minimum Gasteiger partial charge on any atom is -0.360 e. The highest BCUT2D eigenvalue weighted by Gasteiger charge is 1.95. The first-order valence-electron chi connectivity index (χ1n) is 6.56. The Bertz CT molecular complexity index is 695. The van der Waals surface area contributed by atoms with Crippen molar-refractivity contribution in [2.75, 3.05) is 13.2 Å². The number of ether oxygens (including phenoxy) is 1. The lowest BCUT2D eigenvalue weighted by molar-refractivity contribution is -0.117. The quantitative estimate of drug-likeness (QED) is 0.635. The number of ketones is 1. The average Bonchev–Trinajstić information content (AvgIpc) is 2.54. The molecule has 0 aliphatic carbocycles. The van der Waals surface area contributed by atoms with Gasteiger partial charge in [-0.2, -0.15) is 0 Å². The Morgan fingerprint density at radius 1 is 0.857 bits per heavy atom. The van der Waals surface area contributed by atoms with Crippen LogP contribution in [0, 0.1) is 23.7 Å². The van der Waals surface area contributed by atoms with E-state index in [9.17, 15) is 4.79 Å². The lowest BCUT2D eigenvalue weighted by Gasteiger charge is -1.93. The van der Waals surface area contributed by atoms with Crippen LogP contribution in [-0.4, -0.2) is 19.0 Å². The number of carbonyl (C=O) groups is 1. The van der Waals surface area contributed by atoms with Gasteiger partial charge in [-0.1, -0.05) is 54.2 Å². The molecule has 2 rings (SSSR count). The van der Waals surface area contributed by atoms with E-state index in [-0.39, 0.29) is 19.0 Å². The lowest BCUT2D eigenvalue weighted by atomic mass is 10.2. The van der Waals surface area contributed by atoms with Gasteiger partial charge in [0.05, 0.1) is 0 Å². The minimum atomic E-state index is -0.250. The highest BCUT2D eigenvalue weighted by molar-refractivity contribution is 5.97. The third-order valence-corrected chi connectivity index (χ3v) is 2.53. The van der Waals surface area contributed by atoms with Crippen molar-refractivity contribution in [2.24, 2.45) is 0 Å². The molecule has 0 radical (unpaired) electrons. The molecule has 0 N–H and O–H groups in total. The molecule has 2 aromatic carbocycles. The molecular formula is C19H14O2. The van der Waals surface area contributed by atoms with E-state index in [0.717, 1.165) is 11.1 Å². The van der Waals surface area contributed by atoms with Crippen LogP contribution in [0.1, 0.15) is 11.1 Å². The first kappa shape index (κ1) is 14.6. The molecule has 0 aliphatic rings. The predicted molar refractivity (Wildman–Crippen MR) is 82.5 cm³/mol. The Morgan fingerprint density at radius 2 is 1.43 bits per heavy atom. The molecule has 0 saturated carbocycles. The Hall–Kier alpha value is -2.81. The smallest absolute Gasteiger partial charge is 0.231 e. The van der Waals surface area contributed by atoms with Gasteiger partial charge in [0.15, 0.2) is 0 Å². The van der Waals surface area contributed by atoms with E-state index in [1.54, 1.807) is 0 Å². The minimum absolute atomic E-state index is 0.0384. The Kier molecular flexibility index (Phi) is 5.82. The van der Waals surface area contributed by atoms with Crippen LogP contribution in [0.5, 0.6) is 0 Å². The van der Waals surface area contributed by atoms with Gasteiger partial charge in [0.2, 0.25) is 5.78 Å². The maximum atomic E-state index is 11.5. The van der Waals surface area contributed by atoms with Crippen molar-refractivity contribution in [1.29, 1.82) is 0 Å². The van der Waals surface area contributed by atoms with Crippen molar-refractivity contribution in [2.45, 2.75) is 0 Å². The summed E-state index contributed by atoms with van der Waals surface area (Å²) in [4.78, 5) is 11.5. The van der Waals surface area contributed by atoms with Crippen molar-refractivity contribution < 1.29 is 9.53 Å². The van der Waals surface area contributed by atoms with E-state index in [4.69, 9.17) is 4.74 Å². The molecule has 0 amide bonds. The molecule has 0 aromatic heterocycles. The van der Waals surface area contributed by atoms with Crippen LogP contribution in [0.4, 0.5) is 0 Å². The van der Waals surface area contributed by atoms with Gasteiger partial charge in [-0.15, -0.1) is 0 Å². The van der Waals surface area contributed by atoms with Gasteiger partial charge in [0.25, 0.3) is 0 Å². The predicted octanol–water partition coefficient (Wildman–Crippen LogP) is 2.68. The number of hydrogen-bond donors (Lipinski definition) is 0. The fraction of sp³-hybridized carbons (Fsp3) is 0.105. The summed E-state index contributed by atoms with van der Waals surface area (Å²) in [5.41, 5.74) is 1.74. The SMILES string of the molecule is O=C(C#Cc1ccccc1)COCC#Cc1ccccc1.